The maximum atomic E-state index is 4.71. The van der Waals surface area contributed by atoms with Gasteiger partial charge >= 0.3 is 0 Å². The van der Waals surface area contributed by atoms with Crippen LogP contribution in [0.3, 0.4) is 0 Å². The second-order valence-electron chi connectivity index (χ2n) is 6.28. The summed E-state index contributed by atoms with van der Waals surface area (Å²) in [7, 11) is 0. The zero-order chi connectivity index (χ0) is 17.8. The summed E-state index contributed by atoms with van der Waals surface area (Å²) in [6, 6.07) is 5.52. The molecule has 1 atom stereocenters. The van der Waals surface area contributed by atoms with E-state index in [-0.39, 0.29) is 5.92 Å². The van der Waals surface area contributed by atoms with Crippen molar-refractivity contribution in [1.82, 2.24) is 29.9 Å². The van der Waals surface area contributed by atoms with Crippen LogP contribution in [-0.4, -0.2) is 43.0 Å². The Bertz CT molecular complexity index is 856. The quantitative estimate of drug-likeness (QED) is 0.769. The van der Waals surface area contributed by atoms with E-state index in [1.54, 1.807) is 30.9 Å². The third-order valence-corrected chi connectivity index (χ3v) is 4.30. The molecule has 1 N–H and O–H groups in total. The lowest BCUT2D eigenvalue weighted by atomic mass is 9.97. The zero-order valence-corrected chi connectivity index (χ0v) is 14.6. The maximum Gasteiger partial charge on any atom is 0.228 e. The lowest BCUT2D eigenvalue weighted by molar-refractivity contribution is 0.485. The number of nitrogens with one attached hydrogen (secondary N) is 1. The molecule has 0 aliphatic carbocycles. The minimum absolute atomic E-state index is 0.240. The molecular weight excluding hydrogens is 328 g/mol. The normalized spacial score (nSPS) is 17.1. The highest BCUT2D eigenvalue weighted by Crippen LogP contribution is 2.27. The fourth-order valence-electron chi connectivity index (χ4n) is 3.14. The van der Waals surface area contributed by atoms with E-state index in [4.69, 9.17) is 4.98 Å². The number of aromatic nitrogens is 6. The monoisotopic (exact) mass is 348 g/mol. The third kappa shape index (κ3) is 3.74. The summed E-state index contributed by atoms with van der Waals surface area (Å²) in [5.74, 6) is 3.08. The van der Waals surface area contributed by atoms with E-state index in [0.29, 0.717) is 11.8 Å². The van der Waals surface area contributed by atoms with Crippen molar-refractivity contribution in [3.05, 3.63) is 54.5 Å². The SMILES string of the molecule is Cc1cc(Nc2ncccn2)nc([C@@H]2CCCN(c3ncccn3)C2)n1. The molecule has 0 saturated carbocycles. The third-order valence-electron chi connectivity index (χ3n) is 4.30. The minimum atomic E-state index is 0.240. The van der Waals surface area contributed by atoms with Gasteiger partial charge in [-0.15, -0.1) is 0 Å². The van der Waals surface area contributed by atoms with Crippen molar-refractivity contribution < 1.29 is 0 Å². The van der Waals surface area contributed by atoms with Crippen LogP contribution in [-0.2, 0) is 0 Å². The molecular formula is C18H20N8. The number of rotatable bonds is 4. The number of anilines is 3. The number of nitrogens with zero attached hydrogens (tertiary/aromatic N) is 7. The molecule has 3 aromatic rings. The molecule has 4 rings (SSSR count). The number of aryl methyl sites for hydroxylation is 1. The Balaban J connectivity index is 1.55. The molecule has 1 aliphatic heterocycles. The fraction of sp³-hybridized carbons (Fsp3) is 0.333. The highest BCUT2D eigenvalue weighted by Gasteiger charge is 2.25. The highest BCUT2D eigenvalue weighted by molar-refractivity contribution is 5.47. The van der Waals surface area contributed by atoms with Crippen molar-refractivity contribution in [3.63, 3.8) is 0 Å². The van der Waals surface area contributed by atoms with E-state index >= 15 is 0 Å². The van der Waals surface area contributed by atoms with Crippen LogP contribution >= 0.6 is 0 Å². The molecule has 3 aromatic heterocycles. The standard InChI is InChI=1S/C18H20N8/c1-13-11-15(25-17-19-6-3-7-20-17)24-16(23-13)14-5-2-10-26(12-14)18-21-8-4-9-22-18/h3-4,6-9,11,14H,2,5,10,12H2,1H3,(H,19,20,23,24,25)/t14-/m1/s1. The summed E-state index contributed by atoms with van der Waals surface area (Å²) in [4.78, 5) is 28.7. The van der Waals surface area contributed by atoms with Crippen molar-refractivity contribution in [2.24, 2.45) is 0 Å². The van der Waals surface area contributed by atoms with Crippen molar-refractivity contribution in [3.8, 4) is 0 Å². The van der Waals surface area contributed by atoms with Crippen LogP contribution < -0.4 is 10.2 Å². The topological polar surface area (TPSA) is 92.6 Å². The van der Waals surface area contributed by atoms with E-state index in [1.165, 1.54) is 0 Å². The van der Waals surface area contributed by atoms with Crippen molar-refractivity contribution in [2.75, 3.05) is 23.3 Å². The summed E-state index contributed by atoms with van der Waals surface area (Å²) in [5, 5.41) is 3.16. The molecule has 1 fully saturated rings. The van der Waals surface area contributed by atoms with Crippen molar-refractivity contribution in [2.45, 2.75) is 25.7 Å². The van der Waals surface area contributed by atoms with Crippen LogP contribution in [0.25, 0.3) is 0 Å². The summed E-state index contributed by atoms with van der Waals surface area (Å²) < 4.78 is 0. The molecule has 26 heavy (non-hydrogen) atoms. The predicted octanol–water partition coefficient (Wildman–Crippen LogP) is 2.49. The van der Waals surface area contributed by atoms with Crippen LogP contribution in [0.15, 0.2) is 43.0 Å². The van der Waals surface area contributed by atoms with Crippen LogP contribution in [0.4, 0.5) is 17.7 Å². The molecule has 1 saturated heterocycles. The van der Waals surface area contributed by atoms with Gasteiger partial charge in [0.05, 0.1) is 0 Å². The summed E-state index contributed by atoms with van der Waals surface area (Å²) in [6.07, 6.45) is 9.05. The summed E-state index contributed by atoms with van der Waals surface area (Å²) >= 11 is 0. The van der Waals surface area contributed by atoms with Gasteiger partial charge in [-0.1, -0.05) is 0 Å². The Morgan fingerprint density at radius 2 is 1.73 bits per heavy atom. The number of hydrogen-bond acceptors (Lipinski definition) is 8. The Morgan fingerprint density at radius 1 is 1.00 bits per heavy atom. The summed E-state index contributed by atoms with van der Waals surface area (Å²) in [6.45, 7) is 3.74. The van der Waals surface area contributed by atoms with Gasteiger partial charge in [-0.05, 0) is 31.9 Å². The zero-order valence-electron chi connectivity index (χ0n) is 14.6. The molecule has 0 spiro atoms. The van der Waals surface area contributed by atoms with E-state index in [2.05, 4.69) is 35.1 Å². The summed E-state index contributed by atoms with van der Waals surface area (Å²) in [5.41, 5.74) is 0.918. The molecule has 132 valence electrons. The molecule has 8 nitrogen and oxygen atoms in total. The van der Waals surface area contributed by atoms with Crippen molar-refractivity contribution >= 4 is 17.7 Å². The Kier molecular flexibility index (Phi) is 4.63. The van der Waals surface area contributed by atoms with E-state index in [9.17, 15) is 0 Å². The van der Waals surface area contributed by atoms with Gasteiger partial charge in [0.25, 0.3) is 0 Å². The lowest BCUT2D eigenvalue weighted by Gasteiger charge is -2.32. The fourth-order valence-corrected chi connectivity index (χ4v) is 3.14. The molecule has 0 unspecified atom stereocenters. The van der Waals surface area contributed by atoms with E-state index in [0.717, 1.165) is 43.4 Å². The molecule has 0 amide bonds. The van der Waals surface area contributed by atoms with Gasteiger partial charge in [0.2, 0.25) is 11.9 Å². The molecule has 8 heteroatoms. The second kappa shape index (κ2) is 7.38. The van der Waals surface area contributed by atoms with Gasteiger partial charge < -0.3 is 10.2 Å². The smallest absolute Gasteiger partial charge is 0.228 e. The van der Waals surface area contributed by atoms with Crippen LogP contribution in [0.2, 0.25) is 0 Å². The van der Waals surface area contributed by atoms with Crippen LogP contribution in [0.5, 0.6) is 0 Å². The van der Waals surface area contributed by atoms with Crippen LogP contribution in [0.1, 0.15) is 30.3 Å². The second-order valence-corrected chi connectivity index (χ2v) is 6.28. The largest absolute Gasteiger partial charge is 0.340 e. The number of hydrogen-bond donors (Lipinski definition) is 1. The molecule has 0 bridgehead atoms. The van der Waals surface area contributed by atoms with E-state index in [1.807, 2.05) is 19.1 Å². The first-order chi connectivity index (χ1) is 12.8. The first-order valence-corrected chi connectivity index (χ1v) is 8.69. The first-order valence-electron chi connectivity index (χ1n) is 8.69. The predicted molar refractivity (Wildman–Crippen MR) is 98.3 cm³/mol. The van der Waals surface area contributed by atoms with Crippen molar-refractivity contribution in [1.29, 1.82) is 0 Å². The number of piperidine rings is 1. The van der Waals surface area contributed by atoms with Gasteiger partial charge in [-0.2, -0.15) is 0 Å². The first kappa shape index (κ1) is 16.3. The van der Waals surface area contributed by atoms with Gasteiger partial charge in [0.1, 0.15) is 11.6 Å². The lowest BCUT2D eigenvalue weighted by Crippen LogP contribution is -2.36. The van der Waals surface area contributed by atoms with E-state index < -0.39 is 0 Å². The van der Waals surface area contributed by atoms with Gasteiger partial charge in [0, 0.05) is 55.6 Å². The van der Waals surface area contributed by atoms with Gasteiger partial charge in [0.15, 0.2) is 0 Å². The Morgan fingerprint density at radius 3 is 2.50 bits per heavy atom. The van der Waals surface area contributed by atoms with Gasteiger partial charge in [-0.25, -0.2) is 29.9 Å². The average molecular weight is 348 g/mol. The Labute approximate surface area is 151 Å². The minimum Gasteiger partial charge on any atom is -0.340 e. The highest BCUT2D eigenvalue weighted by atomic mass is 15.3. The van der Waals surface area contributed by atoms with Crippen LogP contribution in [0, 0.1) is 6.92 Å². The molecule has 1 aliphatic rings. The van der Waals surface area contributed by atoms with Gasteiger partial charge in [-0.3, -0.25) is 0 Å². The Hall–Kier alpha value is -3.16. The maximum absolute atomic E-state index is 4.71. The molecule has 0 aromatic carbocycles. The average Bonchev–Trinajstić information content (AvgIpc) is 2.69. The molecule has 4 heterocycles. The molecule has 0 radical (unpaired) electrons.